The Kier molecular flexibility index (Phi) is 4.22. The quantitative estimate of drug-likeness (QED) is 0.897. The average Bonchev–Trinajstić information content (AvgIpc) is 2.83. The van der Waals surface area contributed by atoms with Crippen LogP contribution in [0.3, 0.4) is 0 Å². The highest BCUT2D eigenvalue weighted by atomic mass is 35.5. The second kappa shape index (κ2) is 5.89. The van der Waals surface area contributed by atoms with E-state index in [0.717, 1.165) is 24.1 Å². The molecule has 2 rings (SSSR count). The number of halogens is 1. The van der Waals surface area contributed by atoms with E-state index in [0.29, 0.717) is 16.4 Å². The maximum atomic E-state index is 12.1. The van der Waals surface area contributed by atoms with Gasteiger partial charge >= 0.3 is 0 Å². The molecule has 1 aromatic heterocycles. The zero-order valence-corrected chi connectivity index (χ0v) is 11.7. The molecule has 0 aliphatic carbocycles. The number of benzene rings is 1. The maximum Gasteiger partial charge on any atom is 0.276 e. The van der Waals surface area contributed by atoms with Crippen LogP contribution in [0.25, 0.3) is 0 Å². The molecule has 0 fully saturated rings. The van der Waals surface area contributed by atoms with Gasteiger partial charge in [-0.3, -0.25) is 9.89 Å². The van der Waals surface area contributed by atoms with E-state index < -0.39 is 0 Å². The van der Waals surface area contributed by atoms with Crippen molar-refractivity contribution in [2.24, 2.45) is 0 Å². The first-order valence-electron chi connectivity index (χ1n) is 6.22. The van der Waals surface area contributed by atoms with Crippen molar-refractivity contribution in [3.8, 4) is 0 Å². The topological polar surface area (TPSA) is 57.8 Å². The first-order valence-corrected chi connectivity index (χ1v) is 6.59. The van der Waals surface area contributed by atoms with E-state index in [2.05, 4.69) is 22.4 Å². The number of hydrogen-bond donors (Lipinski definition) is 2. The summed E-state index contributed by atoms with van der Waals surface area (Å²) in [6, 6.07) is 7.17. The van der Waals surface area contributed by atoms with Crippen LogP contribution in [0, 0.1) is 6.92 Å². The van der Waals surface area contributed by atoms with Gasteiger partial charge in [-0.15, -0.1) is 0 Å². The fourth-order valence-electron chi connectivity index (χ4n) is 1.79. The third-order valence-electron chi connectivity index (χ3n) is 2.83. The van der Waals surface area contributed by atoms with Crippen LogP contribution in [-0.4, -0.2) is 16.1 Å². The van der Waals surface area contributed by atoms with Gasteiger partial charge in [-0.25, -0.2) is 0 Å². The summed E-state index contributed by atoms with van der Waals surface area (Å²) in [5.41, 5.74) is 3.03. The SMILES string of the molecule is CCCc1cc(C(=O)Nc2cc(Cl)ccc2C)n[nH]1. The molecule has 1 aromatic carbocycles. The van der Waals surface area contributed by atoms with E-state index in [1.54, 1.807) is 18.2 Å². The Balaban J connectivity index is 2.13. The van der Waals surface area contributed by atoms with Crippen LogP contribution in [-0.2, 0) is 6.42 Å². The Morgan fingerprint density at radius 2 is 2.21 bits per heavy atom. The third kappa shape index (κ3) is 3.35. The summed E-state index contributed by atoms with van der Waals surface area (Å²) in [7, 11) is 0. The molecular formula is C14H16ClN3O. The molecule has 100 valence electrons. The molecule has 0 spiro atoms. The molecule has 19 heavy (non-hydrogen) atoms. The summed E-state index contributed by atoms with van der Waals surface area (Å²) < 4.78 is 0. The Hall–Kier alpha value is -1.81. The number of aromatic amines is 1. The number of H-pyrrole nitrogens is 1. The van der Waals surface area contributed by atoms with Crippen LogP contribution < -0.4 is 5.32 Å². The number of rotatable bonds is 4. The fourth-order valence-corrected chi connectivity index (χ4v) is 1.96. The van der Waals surface area contributed by atoms with Gasteiger partial charge in [0, 0.05) is 16.4 Å². The van der Waals surface area contributed by atoms with Crippen LogP contribution in [0.1, 0.15) is 35.1 Å². The number of carbonyl (C=O) groups is 1. The predicted molar refractivity (Wildman–Crippen MR) is 76.7 cm³/mol. The number of carbonyl (C=O) groups excluding carboxylic acids is 1. The minimum Gasteiger partial charge on any atom is -0.320 e. The largest absolute Gasteiger partial charge is 0.320 e. The number of nitrogens with one attached hydrogen (secondary N) is 2. The molecule has 0 saturated heterocycles. The van der Waals surface area contributed by atoms with E-state index in [1.807, 2.05) is 13.0 Å². The lowest BCUT2D eigenvalue weighted by molar-refractivity contribution is 0.102. The second-order valence-electron chi connectivity index (χ2n) is 4.44. The third-order valence-corrected chi connectivity index (χ3v) is 3.07. The molecule has 0 saturated carbocycles. The number of aryl methyl sites for hydroxylation is 2. The van der Waals surface area contributed by atoms with E-state index in [9.17, 15) is 4.79 Å². The number of aromatic nitrogens is 2. The zero-order valence-electron chi connectivity index (χ0n) is 11.0. The van der Waals surface area contributed by atoms with Crippen molar-refractivity contribution in [3.63, 3.8) is 0 Å². The number of anilines is 1. The van der Waals surface area contributed by atoms with Gasteiger partial charge in [0.2, 0.25) is 0 Å². The Labute approximate surface area is 117 Å². The summed E-state index contributed by atoms with van der Waals surface area (Å²) in [5.74, 6) is -0.232. The minimum absolute atomic E-state index is 0.232. The maximum absolute atomic E-state index is 12.1. The second-order valence-corrected chi connectivity index (χ2v) is 4.88. The van der Waals surface area contributed by atoms with E-state index in [4.69, 9.17) is 11.6 Å². The number of hydrogen-bond acceptors (Lipinski definition) is 2. The molecule has 4 nitrogen and oxygen atoms in total. The lowest BCUT2D eigenvalue weighted by Crippen LogP contribution is -2.13. The van der Waals surface area contributed by atoms with Gasteiger partial charge in [-0.05, 0) is 37.1 Å². The molecule has 0 aliphatic heterocycles. The van der Waals surface area contributed by atoms with E-state index in [1.165, 1.54) is 0 Å². The van der Waals surface area contributed by atoms with Crippen LogP contribution in [0.2, 0.25) is 5.02 Å². The summed E-state index contributed by atoms with van der Waals surface area (Å²) in [5, 5.41) is 10.3. The highest BCUT2D eigenvalue weighted by Crippen LogP contribution is 2.20. The Morgan fingerprint density at radius 3 is 2.95 bits per heavy atom. The normalized spacial score (nSPS) is 10.5. The van der Waals surface area contributed by atoms with Gasteiger partial charge < -0.3 is 5.32 Å². The van der Waals surface area contributed by atoms with Crippen molar-refractivity contribution in [1.82, 2.24) is 10.2 Å². The van der Waals surface area contributed by atoms with Crippen LogP contribution in [0.15, 0.2) is 24.3 Å². The zero-order chi connectivity index (χ0) is 13.8. The highest BCUT2D eigenvalue weighted by Gasteiger charge is 2.11. The summed E-state index contributed by atoms with van der Waals surface area (Å²) >= 11 is 5.92. The van der Waals surface area contributed by atoms with Crippen LogP contribution in [0.4, 0.5) is 5.69 Å². The van der Waals surface area contributed by atoms with Gasteiger partial charge in [0.15, 0.2) is 5.69 Å². The molecule has 0 unspecified atom stereocenters. The predicted octanol–water partition coefficient (Wildman–Crippen LogP) is 3.58. The minimum atomic E-state index is -0.232. The fraction of sp³-hybridized carbons (Fsp3) is 0.286. The summed E-state index contributed by atoms with van der Waals surface area (Å²) in [6.45, 7) is 3.99. The molecule has 0 bridgehead atoms. The molecule has 1 amide bonds. The Bertz CT molecular complexity index is 592. The molecule has 0 aliphatic rings. The van der Waals surface area contributed by atoms with Crippen molar-refractivity contribution in [2.75, 3.05) is 5.32 Å². The van der Waals surface area contributed by atoms with Crippen molar-refractivity contribution < 1.29 is 4.79 Å². The standard InChI is InChI=1S/C14H16ClN3O/c1-3-4-11-8-13(18-17-11)14(19)16-12-7-10(15)6-5-9(12)2/h5-8H,3-4H2,1-2H3,(H,16,19)(H,17,18). The number of nitrogens with zero attached hydrogens (tertiary/aromatic N) is 1. The van der Waals surface area contributed by atoms with Crippen LogP contribution >= 0.6 is 11.6 Å². The molecule has 0 radical (unpaired) electrons. The number of amides is 1. The molecule has 2 aromatic rings. The molecule has 1 heterocycles. The van der Waals surface area contributed by atoms with Gasteiger partial charge in [0.1, 0.15) is 0 Å². The van der Waals surface area contributed by atoms with Crippen molar-refractivity contribution in [1.29, 1.82) is 0 Å². The van der Waals surface area contributed by atoms with Gasteiger partial charge in [-0.2, -0.15) is 5.10 Å². The molecule has 5 heteroatoms. The lowest BCUT2D eigenvalue weighted by Gasteiger charge is -2.07. The Morgan fingerprint density at radius 1 is 1.42 bits per heavy atom. The van der Waals surface area contributed by atoms with Gasteiger partial charge in [-0.1, -0.05) is 31.0 Å². The monoisotopic (exact) mass is 277 g/mol. The summed E-state index contributed by atoms with van der Waals surface area (Å²) in [4.78, 5) is 12.1. The first-order chi connectivity index (χ1) is 9.10. The first kappa shape index (κ1) is 13.6. The van der Waals surface area contributed by atoms with Crippen molar-refractivity contribution in [3.05, 3.63) is 46.2 Å². The van der Waals surface area contributed by atoms with Crippen molar-refractivity contribution in [2.45, 2.75) is 26.7 Å². The van der Waals surface area contributed by atoms with Crippen molar-refractivity contribution >= 4 is 23.2 Å². The van der Waals surface area contributed by atoms with E-state index >= 15 is 0 Å². The summed E-state index contributed by atoms with van der Waals surface area (Å²) in [6.07, 6.45) is 1.90. The lowest BCUT2D eigenvalue weighted by atomic mass is 10.2. The van der Waals surface area contributed by atoms with Crippen LogP contribution in [0.5, 0.6) is 0 Å². The molecule has 0 atom stereocenters. The van der Waals surface area contributed by atoms with E-state index in [-0.39, 0.29) is 5.91 Å². The highest BCUT2D eigenvalue weighted by molar-refractivity contribution is 6.31. The smallest absolute Gasteiger partial charge is 0.276 e. The van der Waals surface area contributed by atoms with Gasteiger partial charge in [0.25, 0.3) is 5.91 Å². The molecule has 2 N–H and O–H groups in total. The average molecular weight is 278 g/mol. The van der Waals surface area contributed by atoms with Gasteiger partial charge in [0.05, 0.1) is 0 Å². The molecular weight excluding hydrogens is 262 g/mol.